The predicted octanol–water partition coefficient (Wildman–Crippen LogP) is 2.53. The van der Waals surface area contributed by atoms with Crippen molar-refractivity contribution in [1.29, 1.82) is 0 Å². The zero-order valence-electron chi connectivity index (χ0n) is 10.5. The van der Waals surface area contributed by atoms with Crippen LogP contribution in [-0.4, -0.2) is 30.6 Å². The molecule has 0 aliphatic heterocycles. The SMILES string of the molecule is CCCCCCNc1ccnc(N(C)C)n1. The smallest absolute Gasteiger partial charge is 0.226 e. The first kappa shape index (κ1) is 12.7. The van der Waals surface area contributed by atoms with Crippen molar-refractivity contribution in [3.63, 3.8) is 0 Å². The highest BCUT2D eigenvalue weighted by atomic mass is 15.2. The Labute approximate surface area is 98.1 Å². The van der Waals surface area contributed by atoms with E-state index >= 15 is 0 Å². The van der Waals surface area contributed by atoms with Gasteiger partial charge in [0.25, 0.3) is 0 Å². The van der Waals surface area contributed by atoms with Crippen LogP contribution in [0, 0.1) is 0 Å². The molecule has 0 aromatic carbocycles. The van der Waals surface area contributed by atoms with Crippen LogP contribution in [0.25, 0.3) is 0 Å². The molecule has 1 N–H and O–H groups in total. The van der Waals surface area contributed by atoms with Crippen LogP contribution in [0.15, 0.2) is 12.3 Å². The van der Waals surface area contributed by atoms with E-state index in [1.807, 2.05) is 25.1 Å². The van der Waals surface area contributed by atoms with Gasteiger partial charge in [0.2, 0.25) is 5.95 Å². The summed E-state index contributed by atoms with van der Waals surface area (Å²) in [6.45, 7) is 3.21. The molecule has 4 nitrogen and oxygen atoms in total. The minimum atomic E-state index is 0.749. The van der Waals surface area contributed by atoms with Crippen molar-refractivity contribution in [2.75, 3.05) is 30.9 Å². The van der Waals surface area contributed by atoms with Gasteiger partial charge < -0.3 is 10.2 Å². The lowest BCUT2D eigenvalue weighted by Crippen LogP contribution is -2.13. The van der Waals surface area contributed by atoms with Crippen molar-refractivity contribution in [2.45, 2.75) is 32.6 Å². The Hall–Kier alpha value is -1.32. The van der Waals surface area contributed by atoms with Gasteiger partial charge in [-0.2, -0.15) is 4.98 Å². The topological polar surface area (TPSA) is 41.1 Å². The van der Waals surface area contributed by atoms with E-state index in [1.54, 1.807) is 6.20 Å². The lowest BCUT2D eigenvalue weighted by molar-refractivity contribution is 0.684. The van der Waals surface area contributed by atoms with Gasteiger partial charge in [0.15, 0.2) is 0 Å². The number of unbranched alkanes of at least 4 members (excludes halogenated alkanes) is 3. The molecule has 0 radical (unpaired) electrons. The second kappa shape index (κ2) is 7.04. The number of anilines is 2. The van der Waals surface area contributed by atoms with Gasteiger partial charge in [0, 0.05) is 26.8 Å². The third-order valence-electron chi connectivity index (χ3n) is 2.38. The molecule has 1 rings (SSSR count). The first-order valence-corrected chi connectivity index (χ1v) is 5.98. The average molecular weight is 222 g/mol. The molecule has 4 heteroatoms. The molecule has 1 aromatic heterocycles. The van der Waals surface area contributed by atoms with E-state index in [4.69, 9.17) is 0 Å². The fraction of sp³-hybridized carbons (Fsp3) is 0.667. The van der Waals surface area contributed by atoms with Crippen LogP contribution in [0.4, 0.5) is 11.8 Å². The first-order chi connectivity index (χ1) is 7.74. The monoisotopic (exact) mass is 222 g/mol. The minimum absolute atomic E-state index is 0.749. The summed E-state index contributed by atoms with van der Waals surface area (Å²) >= 11 is 0. The zero-order valence-corrected chi connectivity index (χ0v) is 10.5. The molecule has 0 bridgehead atoms. The Balaban J connectivity index is 2.33. The molecule has 0 saturated heterocycles. The van der Waals surface area contributed by atoms with Gasteiger partial charge in [0.05, 0.1) is 0 Å². The molecular weight excluding hydrogens is 200 g/mol. The number of hydrogen-bond donors (Lipinski definition) is 1. The molecule has 0 spiro atoms. The van der Waals surface area contributed by atoms with E-state index in [-0.39, 0.29) is 0 Å². The van der Waals surface area contributed by atoms with Crippen LogP contribution in [0.1, 0.15) is 32.6 Å². The molecule has 0 saturated carbocycles. The Bertz CT molecular complexity index is 299. The standard InChI is InChI=1S/C12H22N4/c1-4-5-6-7-9-13-11-8-10-14-12(15-11)16(2)3/h8,10H,4-7,9H2,1-3H3,(H,13,14,15). The largest absolute Gasteiger partial charge is 0.370 e. The summed E-state index contributed by atoms with van der Waals surface area (Å²) in [5.41, 5.74) is 0. The van der Waals surface area contributed by atoms with Crippen LogP contribution in [0.5, 0.6) is 0 Å². The lowest BCUT2D eigenvalue weighted by atomic mass is 10.2. The van der Waals surface area contributed by atoms with Gasteiger partial charge in [0.1, 0.15) is 5.82 Å². The van der Waals surface area contributed by atoms with Gasteiger partial charge >= 0.3 is 0 Å². The van der Waals surface area contributed by atoms with E-state index in [0.717, 1.165) is 18.3 Å². The maximum atomic E-state index is 4.39. The molecule has 0 amide bonds. The summed E-state index contributed by atoms with van der Waals surface area (Å²) in [7, 11) is 3.89. The fourth-order valence-corrected chi connectivity index (χ4v) is 1.43. The molecule has 0 aliphatic rings. The highest BCUT2D eigenvalue weighted by Gasteiger charge is 1.99. The van der Waals surface area contributed by atoms with Gasteiger partial charge in [-0.1, -0.05) is 26.2 Å². The van der Waals surface area contributed by atoms with E-state index in [2.05, 4.69) is 22.2 Å². The lowest BCUT2D eigenvalue weighted by Gasteiger charge is -2.11. The van der Waals surface area contributed by atoms with Gasteiger partial charge in [-0.05, 0) is 12.5 Å². The normalized spacial score (nSPS) is 10.2. The van der Waals surface area contributed by atoms with E-state index in [0.29, 0.717) is 0 Å². The molecule has 0 fully saturated rings. The summed E-state index contributed by atoms with van der Waals surface area (Å²) < 4.78 is 0. The van der Waals surface area contributed by atoms with Crippen molar-refractivity contribution in [3.05, 3.63) is 12.3 Å². The van der Waals surface area contributed by atoms with Crippen molar-refractivity contribution in [1.82, 2.24) is 9.97 Å². The Morgan fingerprint density at radius 1 is 1.25 bits per heavy atom. The van der Waals surface area contributed by atoms with Crippen LogP contribution < -0.4 is 10.2 Å². The Morgan fingerprint density at radius 3 is 2.75 bits per heavy atom. The summed E-state index contributed by atoms with van der Waals surface area (Å²) in [6, 6.07) is 1.91. The van der Waals surface area contributed by atoms with Gasteiger partial charge in [-0.15, -0.1) is 0 Å². The van der Waals surface area contributed by atoms with Crippen LogP contribution >= 0.6 is 0 Å². The molecule has 1 heterocycles. The van der Waals surface area contributed by atoms with Gasteiger partial charge in [-0.25, -0.2) is 4.98 Å². The van der Waals surface area contributed by atoms with Crippen LogP contribution in [0.2, 0.25) is 0 Å². The molecular formula is C12H22N4. The minimum Gasteiger partial charge on any atom is -0.370 e. The molecule has 0 unspecified atom stereocenters. The second-order valence-corrected chi connectivity index (χ2v) is 4.12. The van der Waals surface area contributed by atoms with Crippen LogP contribution in [0.3, 0.4) is 0 Å². The number of nitrogens with zero attached hydrogens (tertiary/aromatic N) is 3. The Kier molecular flexibility index (Phi) is 5.61. The first-order valence-electron chi connectivity index (χ1n) is 5.98. The maximum Gasteiger partial charge on any atom is 0.226 e. The maximum absolute atomic E-state index is 4.39. The molecule has 90 valence electrons. The third kappa shape index (κ3) is 4.47. The second-order valence-electron chi connectivity index (χ2n) is 4.12. The molecule has 0 aliphatic carbocycles. The summed E-state index contributed by atoms with van der Waals surface area (Å²) in [6.07, 6.45) is 6.87. The van der Waals surface area contributed by atoms with Crippen molar-refractivity contribution >= 4 is 11.8 Å². The highest BCUT2D eigenvalue weighted by Crippen LogP contribution is 2.08. The molecule has 0 atom stereocenters. The van der Waals surface area contributed by atoms with E-state index in [9.17, 15) is 0 Å². The van der Waals surface area contributed by atoms with Gasteiger partial charge in [-0.3, -0.25) is 0 Å². The third-order valence-corrected chi connectivity index (χ3v) is 2.38. The van der Waals surface area contributed by atoms with Crippen molar-refractivity contribution in [2.24, 2.45) is 0 Å². The van der Waals surface area contributed by atoms with Crippen LogP contribution in [-0.2, 0) is 0 Å². The molecule has 16 heavy (non-hydrogen) atoms. The fourth-order valence-electron chi connectivity index (χ4n) is 1.43. The predicted molar refractivity (Wildman–Crippen MR) is 69.0 cm³/mol. The summed E-state index contributed by atoms with van der Waals surface area (Å²) in [5, 5.41) is 3.32. The number of hydrogen-bond acceptors (Lipinski definition) is 4. The Morgan fingerprint density at radius 2 is 2.06 bits per heavy atom. The zero-order chi connectivity index (χ0) is 11.8. The van der Waals surface area contributed by atoms with Crippen molar-refractivity contribution in [3.8, 4) is 0 Å². The number of nitrogens with one attached hydrogen (secondary N) is 1. The number of aromatic nitrogens is 2. The summed E-state index contributed by atoms with van der Waals surface area (Å²) in [5.74, 6) is 1.66. The van der Waals surface area contributed by atoms with E-state index < -0.39 is 0 Å². The quantitative estimate of drug-likeness (QED) is 0.720. The average Bonchev–Trinajstić information content (AvgIpc) is 2.29. The van der Waals surface area contributed by atoms with Crippen molar-refractivity contribution < 1.29 is 0 Å². The molecule has 1 aromatic rings. The van der Waals surface area contributed by atoms with E-state index in [1.165, 1.54) is 25.7 Å². The number of rotatable bonds is 7. The summed E-state index contributed by atoms with van der Waals surface area (Å²) in [4.78, 5) is 10.5. The highest BCUT2D eigenvalue weighted by molar-refractivity contribution is 5.40.